The first kappa shape index (κ1) is 27.0. The van der Waals surface area contributed by atoms with E-state index in [9.17, 15) is 0 Å². The molecule has 37 heavy (non-hydrogen) atoms. The van der Waals surface area contributed by atoms with Crippen LogP contribution < -0.4 is 14.2 Å². The SMILES string of the molecule is CCc1nccn1CCOc1ccc(CN2CCC[C@](COc3ccc(C)cc3)(OC)CC2)cc1OC. The molecule has 200 valence electrons. The van der Waals surface area contributed by atoms with Crippen LogP contribution in [0.1, 0.15) is 43.1 Å². The molecule has 1 aliphatic rings. The molecular formula is C30H41N3O4. The molecule has 0 N–H and O–H groups in total. The number of hydrogen-bond donors (Lipinski definition) is 0. The van der Waals surface area contributed by atoms with Gasteiger partial charge in [0.1, 0.15) is 30.4 Å². The number of methoxy groups -OCH3 is 2. The number of ether oxygens (including phenoxy) is 4. The van der Waals surface area contributed by atoms with Gasteiger partial charge >= 0.3 is 0 Å². The lowest BCUT2D eigenvalue weighted by molar-refractivity contribution is -0.0541. The second-order valence-electron chi connectivity index (χ2n) is 9.84. The Morgan fingerprint density at radius 2 is 1.81 bits per heavy atom. The van der Waals surface area contributed by atoms with Crippen LogP contribution in [0.5, 0.6) is 17.2 Å². The van der Waals surface area contributed by atoms with Crippen LogP contribution in [0.25, 0.3) is 0 Å². The Morgan fingerprint density at radius 3 is 2.57 bits per heavy atom. The minimum Gasteiger partial charge on any atom is -0.493 e. The van der Waals surface area contributed by atoms with E-state index in [0.717, 1.165) is 74.9 Å². The Morgan fingerprint density at radius 1 is 0.973 bits per heavy atom. The number of likely N-dealkylation sites (tertiary alicyclic amines) is 1. The average Bonchev–Trinajstić information content (AvgIpc) is 3.29. The monoisotopic (exact) mass is 507 g/mol. The zero-order valence-electron chi connectivity index (χ0n) is 22.7. The fourth-order valence-corrected chi connectivity index (χ4v) is 4.94. The van der Waals surface area contributed by atoms with Crippen molar-refractivity contribution in [2.24, 2.45) is 0 Å². The third-order valence-electron chi connectivity index (χ3n) is 7.29. The third-order valence-corrected chi connectivity index (χ3v) is 7.29. The molecule has 0 radical (unpaired) electrons. The summed E-state index contributed by atoms with van der Waals surface area (Å²) in [5, 5.41) is 0. The highest BCUT2D eigenvalue weighted by atomic mass is 16.5. The molecule has 7 heteroatoms. The molecule has 1 aliphatic heterocycles. The molecule has 4 rings (SSSR count). The minimum absolute atomic E-state index is 0.262. The molecule has 0 bridgehead atoms. The smallest absolute Gasteiger partial charge is 0.161 e. The van der Waals surface area contributed by atoms with E-state index in [1.165, 1.54) is 11.1 Å². The number of nitrogens with zero attached hydrogens (tertiary/aromatic N) is 3. The zero-order chi connectivity index (χ0) is 26.1. The third kappa shape index (κ3) is 7.27. The standard InChI is InChI=1S/C30H41N3O4/c1-5-29-31-15-18-33(29)19-20-36-27-12-9-25(21-28(27)34-3)22-32-16-6-13-30(35-4,14-17-32)23-37-26-10-7-24(2)8-11-26/h7-12,15,18,21H,5-6,13-14,16-17,19-20,22-23H2,1-4H3/t30-/m0/s1. The summed E-state index contributed by atoms with van der Waals surface area (Å²) in [4.78, 5) is 6.87. The highest BCUT2D eigenvalue weighted by Crippen LogP contribution is 2.31. The van der Waals surface area contributed by atoms with Crippen LogP contribution in [0.2, 0.25) is 0 Å². The summed E-state index contributed by atoms with van der Waals surface area (Å²) in [6, 6.07) is 14.5. The Balaban J connectivity index is 1.31. The molecule has 2 heterocycles. The minimum atomic E-state index is -0.262. The number of imidazole rings is 1. The first-order chi connectivity index (χ1) is 18.0. The van der Waals surface area contributed by atoms with Gasteiger partial charge in [0.25, 0.3) is 0 Å². The van der Waals surface area contributed by atoms with Gasteiger partial charge in [0.05, 0.1) is 13.7 Å². The van der Waals surface area contributed by atoms with Gasteiger partial charge in [0.2, 0.25) is 0 Å². The lowest BCUT2D eigenvalue weighted by atomic mass is 9.95. The quantitative estimate of drug-likeness (QED) is 0.332. The van der Waals surface area contributed by atoms with Crippen molar-refractivity contribution >= 4 is 0 Å². The van der Waals surface area contributed by atoms with E-state index in [2.05, 4.69) is 52.6 Å². The normalized spacial score (nSPS) is 18.4. The Hall–Kier alpha value is -3.03. The summed E-state index contributed by atoms with van der Waals surface area (Å²) >= 11 is 0. The van der Waals surface area contributed by atoms with Crippen LogP contribution >= 0.6 is 0 Å². The van der Waals surface area contributed by atoms with Crippen molar-refractivity contribution in [3.63, 3.8) is 0 Å². The van der Waals surface area contributed by atoms with Crippen molar-refractivity contribution in [3.8, 4) is 17.2 Å². The summed E-state index contributed by atoms with van der Waals surface area (Å²) in [5.41, 5.74) is 2.19. The highest BCUT2D eigenvalue weighted by Gasteiger charge is 2.33. The van der Waals surface area contributed by atoms with Gasteiger partial charge in [-0.2, -0.15) is 0 Å². The lowest BCUT2D eigenvalue weighted by Crippen LogP contribution is -2.39. The van der Waals surface area contributed by atoms with Crippen LogP contribution in [-0.2, 0) is 24.2 Å². The van der Waals surface area contributed by atoms with Gasteiger partial charge in [-0.15, -0.1) is 0 Å². The molecule has 0 unspecified atom stereocenters. The van der Waals surface area contributed by atoms with Crippen molar-refractivity contribution in [2.75, 3.05) is 40.5 Å². The Kier molecular flexibility index (Phi) is 9.47. The van der Waals surface area contributed by atoms with Gasteiger partial charge in [0, 0.05) is 39.0 Å². The summed E-state index contributed by atoms with van der Waals surface area (Å²) in [6.45, 7) is 8.94. The number of rotatable bonds is 12. The van der Waals surface area contributed by atoms with Crippen molar-refractivity contribution in [1.29, 1.82) is 0 Å². The molecule has 0 spiro atoms. The molecule has 0 aliphatic carbocycles. The van der Waals surface area contributed by atoms with Crippen LogP contribution in [0.3, 0.4) is 0 Å². The molecular weight excluding hydrogens is 466 g/mol. The summed E-state index contributed by atoms with van der Waals surface area (Å²) in [7, 11) is 3.51. The summed E-state index contributed by atoms with van der Waals surface area (Å²) < 4.78 is 26.0. The van der Waals surface area contributed by atoms with Crippen molar-refractivity contribution in [3.05, 3.63) is 71.8 Å². The van der Waals surface area contributed by atoms with Crippen LogP contribution in [0.15, 0.2) is 54.9 Å². The van der Waals surface area contributed by atoms with Gasteiger partial charge in [-0.3, -0.25) is 4.90 Å². The van der Waals surface area contributed by atoms with E-state index in [-0.39, 0.29) is 5.60 Å². The van der Waals surface area contributed by atoms with E-state index >= 15 is 0 Å². The Labute approximate surface area is 221 Å². The number of hydrogen-bond acceptors (Lipinski definition) is 6. The van der Waals surface area contributed by atoms with Crippen LogP contribution in [0.4, 0.5) is 0 Å². The zero-order valence-corrected chi connectivity index (χ0v) is 22.7. The average molecular weight is 508 g/mol. The fourth-order valence-electron chi connectivity index (χ4n) is 4.94. The first-order valence-corrected chi connectivity index (χ1v) is 13.3. The predicted molar refractivity (Wildman–Crippen MR) is 146 cm³/mol. The molecule has 1 atom stereocenters. The maximum Gasteiger partial charge on any atom is 0.161 e. The molecule has 1 aromatic heterocycles. The predicted octanol–water partition coefficient (Wildman–Crippen LogP) is 5.29. The molecule has 0 amide bonds. The first-order valence-electron chi connectivity index (χ1n) is 13.3. The topological polar surface area (TPSA) is 58.0 Å². The summed E-state index contributed by atoms with van der Waals surface area (Å²) in [5.74, 6) is 3.51. The largest absolute Gasteiger partial charge is 0.493 e. The lowest BCUT2D eigenvalue weighted by Gasteiger charge is -2.31. The number of aryl methyl sites for hydroxylation is 2. The Bertz CT molecular complexity index is 1110. The maximum absolute atomic E-state index is 6.14. The van der Waals surface area contributed by atoms with Gasteiger partial charge in [-0.05, 0) is 62.6 Å². The van der Waals surface area contributed by atoms with Gasteiger partial charge < -0.3 is 23.5 Å². The molecule has 7 nitrogen and oxygen atoms in total. The second kappa shape index (κ2) is 13.0. The van der Waals surface area contributed by atoms with Gasteiger partial charge in [-0.1, -0.05) is 30.7 Å². The van der Waals surface area contributed by atoms with E-state index in [1.807, 2.05) is 37.7 Å². The second-order valence-corrected chi connectivity index (χ2v) is 9.84. The van der Waals surface area contributed by atoms with Crippen LogP contribution in [-0.4, -0.2) is 60.6 Å². The fraction of sp³-hybridized carbons (Fsp3) is 0.500. The van der Waals surface area contributed by atoms with Crippen molar-refractivity contribution in [1.82, 2.24) is 14.5 Å². The number of benzene rings is 2. The molecule has 3 aromatic rings. The molecule has 0 saturated carbocycles. The van der Waals surface area contributed by atoms with Crippen molar-refractivity contribution < 1.29 is 18.9 Å². The van der Waals surface area contributed by atoms with E-state index in [1.54, 1.807) is 7.11 Å². The maximum atomic E-state index is 6.14. The summed E-state index contributed by atoms with van der Waals surface area (Å²) in [6.07, 6.45) is 7.73. The molecule has 1 fully saturated rings. The van der Waals surface area contributed by atoms with E-state index in [4.69, 9.17) is 18.9 Å². The van der Waals surface area contributed by atoms with Gasteiger partial charge in [-0.25, -0.2) is 4.98 Å². The van der Waals surface area contributed by atoms with E-state index < -0.39 is 0 Å². The molecule has 2 aromatic carbocycles. The van der Waals surface area contributed by atoms with Crippen LogP contribution in [0, 0.1) is 6.92 Å². The number of aromatic nitrogens is 2. The highest BCUT2D eigenvalue weighted by molar-refractivity contribution is 5.43. The van der Waals surface area contributed by atoms with Crippen molar-refractivity contribution in [2.45, 2.75) is 58.2 Å². The molecule has 1 saturated heterocycles. The van der Waals surface area contributed by atoms with Gasteiger partial charge in [0.15, 0.2) is 11.5 Å². The van der Waals surface area contributed by atoms with E-state index in [0.29, 0.717) is 13.2 Å².